The summed E-state index contributed by atoms with van der Waals surface area (Å²) in [6.07, 6.45) is 0.706. The molecule has 1 heterocycles. The van der Waals surface area contributed by atoms with E-state index in [1.807, 2.05) is 6.92 Å². The molecule has 3 nitrogen and oxygen atoms in total. The fourth-order valence-electron chi connectivity index (χ4n) is 1.46. The summed E-state index contributed by atoms with van der Waals surface area (Å²) in [4.78, 5) is 0. The highest BCUT2D eigenvalue weighted by molar-refractivity contribution is 7.71. The lowest BCUT2D eigenvalue weighted by Gasteiger charge is -2.05. The summed E-state index contributed by atoms with van der Waals surface area (Å²) in [5.41, 5.74) is 0.623. The van der Waals surface area contributed by atoms with Gasteiger partial charge in [-0.15, -0.1) is 0 Å². The topological polar surface area (TPSA) is 33.6 Å². The number of aryl methyl sites for hydroxylation is 1. The fourth-order valence-corrected chi connectivity index (χ4v) is 1.83. The molecule has 2 rings (SSSR count). The predicted molar refractivity (Wildman–Crippen MR) is 63.1 cm³/mol. The Morgan fingerprint density at radius 1 is 1.56 bits per heavy atom. The third-order valence-electron chi connectivity index (χ3n) is 2.22. The number of nitrogens with zero attached hydrogens (tertiary/aromatic N) is 2. The first-order chi connectivity index (χ1) is 7.63. The first-order valence-electron chi connectivity index (χ1n) is 4.75. The molecule has 84 valence electrons. The SMILES string of the molecule is CCc1n[nH]c(=S)n1-c1ccc(Cl)c(F)c1. The number of aromatic amines is 1. The van der Waals surface area contributed by atoms with Gasteiger partial charge in [0.1, 0.15) is 11.6 Å². The molecular formula is C10H9ClFN3S. The van der Waals surface area contributed by atoms with Gasteiger partial charge in [0.15, 0.2) is 4.77 Å². The molecule has 0 fully saturated rings. The van der Waals surface area contributed by atoms with Gasteiger partial charge in [0.25, 0.3) is 0 Å². The molecule has 2 aromatic rings. The number of hydrogen-bond acceptors (Lipinski definition) is 2. The first kappa shape index (κ1) is 11.3. The zero-order valence-electron chi connectivity index (χ0n) is 8.50. The normalized spacial score (nSPS) is 10.7. The molecule has 0 radical (unpaired) electrons. The van der Waals surface area contributed by atoms with Gasteiger partial charge in [-0.25, -0.2) is 4.39 Å². The molecule has 0 aliphatic rings. The van der Waals surface area contributed by atoms with Crippen molar-refractivity contribution < 1.29 is 4.39 Å². The standard InChI is InChI=1S/C10H9ClFN3S/c1-2-9-13-14-10(16)15(9)6-3-4-7(11)8(12)5-6/h3-5H,2H2,1H3,(H,14,16). The lowest BCUT2D eigenvalue weighted by molar-refractivity contribution is 0.626. The zero-order valence-corrected chi connectivity index (χ0v) is 10.1. The quantitative estimate of drug-likeness (QED) is 0.838. The maximum atomic E-state index is 13.3. The van der Waals surface area contributed by atoms with Gasteiger partial charge in [-0.2, -0.15) is 5.10 Å². The maximum absolute atomic E-state index is 13.3. The van der Waals surface area contributed by atoms with E-state index in [2.05, 4.69) is 10.2 Å². The van der Waals surface area contributed by atoms with Crippen molar-refractivity contribution in [2.75, 3.05) is 0 Å². The molecule has 6 heteroatoms. The molecule has 0 atom stereocenters. The van der Waals surface area contributed by atoms with Crippen molar-refractivity contribution in [2.24, 2.45) is 0 Å². The molecule has 1 aromatic carbocycles. The number of rotatable bonds is 2. The summed E-state index contributed by atoms with van der Waals surface area (Å²) in [6, 6.07) is 4.54. The molecule has 0 bridgehead atoms. The van der Waals surface area contributed by atoms with E-state index in [0.717, 1.165) is 5.82 Å². The van der Waals surface area contributed by atoms with E-state index in [-0.39, 0.29) is 5.02 Å². The van der Waals surface area contributed by atoms with Gasteiger partial charge in [-0.3, -0.25) is 9.67 Å². The van der Waals surface area contributed by atoms with Gasteiger partial charge in [-0.05, 0) is 30.4 Å². The first-order valence-corrected chi connectivity index (χ1v) is 5.54. The molecule has 1 N–H and O–H groups in total. The highest BCUT2D eigenvalue weighted by atomic mass is 35.5. The Hall–Kier alpha value is -1.20. The van der Waals surface area contributed by atoms with Crippen LogP contribution in [0.5, 0.6) is 0 Å². The minimum Gasteiger partial charge on any atom is -0.272 e. The average molecular weight is 258 g/mol. The van der Waals surface area contributed by atoms with E-state index in [1.165, 1.54) is 12.1 Å². The van der Waals surface area contributed by atoms with Crippen molar-refractivity contribution in [3.63, 3.8) is 0 Å². The van der Waals surface area contributed by atoms with Crippen LogP contribution in [0.1, 0.15) is 12.7 Å². The van der Waals surface area contributed by atoms with Crippen LogP contribution in [-0.4, -0.2) is 14.8 Å². The monoisotopic (exact) mass is 257 g/mol. The highest BCUT2D eigenvalue weighted by Gasteiger charge is 2.08. The lowest BCUT2D eigenvalue weighted by atomic mass is 10.3. The van der Waals surface area contributed by atoms with Crippen molar-refractivity contribution in [3.05, 3.63) is 39.6 Å². The molecule has 0 amide bonds. The van der Waals surface area contributed by atoms with E-state index < -0.39 is 5.82 Å². The molecule has 1 aromatic heterocycles. The molecule has 0 spiro atoms. The molecule has 0 saturated heterocycles. The van der Waals surface area contributed by atoms with E-state index in [0.29, 0.717) is 16.9 Å². The van der Waals surface area contributed by atoms with Gasteiger partial charge in [0.05, 0.1) is 10.7 Å². The number of aromatic nitrogens is 3. The lowest BCUT2D eigenvalue weighted by Crippen LogP contribution is -2.00. The molecular weight excluding hydrogens is 249 g/mol. The minimum atomic E-state index is -0.468. The van der Waals surface area contributed by atoms with E-state index in [9.17, 15) is 4.39 Å². The molecule has 0 unspecified atom stereocenters. The summed E-state index contributed by atoms with van der Waals surface area (Å²) in [6.45, 7) is 1.95. The Balaban J connectivity index is 2.62. The fraction of sp³-hybridized carbons (Fsp3) is 0.200. The van der Waals surface area contributed by atoms with Crippen LogP contribution in [0.4, 0.5) is 4.39 Å². The van der Waals surface area contributed by atoms with Crippen molar-refractivity contribution >= 4 is 23.8 Å². The third-order valence-corrected chi connectivity index (χ3v) is 2.80. The van der Waals surface area contributed by atoms with Crippen LogP contribution < -0.4 is 0 Å². The highest BCUT2D eigenvalue weighted by Crippen LogP contribution is 2.19. The summed E-state index contributed by atoms with van der Waals surface area (Å²) in [5, 5.41) is 6.83. The van der Waals surface area contributed by atoms with Gasteiger partial charge in [-0.1, -0.05) is 18.5 Å². The van der Waals surface area contributed by atoms with Crippen molar-refractivity contribution in [1.82, 2.24) is 14.8 Å². The van der Waals surface area contributed by atoms with Crippen molar-refractivity contribution in [2.45, 2.75) is 13.3 Å². The second kappa shape index (κ2) is 4.35. The second-order valence-corrected chi connectivity index (χ2v) is 4.03. The van der Waals surface area contributed by atoms with Crippen LogP contribution in [-0.2, 0) is 6.42 Å². The van der Waals surface area contributed by atoms with Crippen molar-refractivity contribution in [1.29, 1.82) is 0 Å². The number of benzene rings is 1. The molecule has 0 saturated carbocycles. The molecule has 16 heavy (non-hydrogen) atoms. The number of nitrogens with one attached hydrogen (secondary N) is 1. The van der Waals surface area contributed by atoms with Gasteiger partial charge >= 0.3 is 0 Å². The van der Waals surface area contributed by atoms with Crippen LogP contribution in [0.25, 0.3) is 5.69 Å². The Kier molecular flexibility index (Phi) is 3.07. The van der Waals surface area contributed by atoms with Crippen LogP contribution in [0.3, 0.4) is 0 Å². The largest absolute Gasteiger partial charge is 0.272 e. The van der Waals surface area contributed by atoms with Crippen molar-refractivity contribution in [3.8, 4) is 5.69 Å². The summed E-state index contributed by atoms with van der Waals surface area (Å²) in [5.74, 6) is 0.288. The van der Waals surface area contributed by atoms with Crippen LogP contribution in [0.15, 0.2) is 18.2 Å². The van der Waals surface area contributed by atoms with E-state index >= 15 is 0 Å². The van der Waals surface area contributed by atoms with E-state index in [1.54, 1.807) is 10.6 Å². The summed E-state index contributed by atoms with van der Waals surface area (Å²) in [7, 11) is 0. The van der Waals surface area contributed by atoms with Crippen LogP contribution >= 0.6 is 23.8 Å². The minimum absolute atomic E-state index is 0.0943. The predicted octanol–water partition coefficient (Wildman–Crippen LogP) is 3.28. The third kappa shape index (κ3) is 1.88. The smallest absolute Gasteiger partial charge is 0.199 e. The van der Waals surface area contributed by atoms with Crippen LogP contribution in [0, 0.1) is 10.6 Å². The summed E-state index contributed by atoms with van der Waals surface area (Å²) >= 11 is 10.7. The Morgan fingerprint density at radius 2 is 2.31 bits per heavy atom. The van der Waals surface area contributed by atoms with Gasteiger partial charge in [0, 0.05) is 6.42 Å². The maximum Gasteiger partial charge on any atom is 0.199 e. The van der Waals surface area contributed by atoms with Gasteiger partial charge < -0.3 is 0 Å². The molecule has 0 aliphatic heterocycles. The second-order valence-electron chi connectivity index (χ2n) is 3.23. The number of hydrogen-bond donors (Lipinski definition) is 1. The number of H-pyrrole nitrogens is 1. The average Bonchev–Trinajstić information content (AvgIpc) is 2.64. The number of halogens is 2. The summed E-state index contributed by atoms with van der Waals surface area (Å²) < 4.78 is 15.5. The Labute approximate surface area is 102 Å². The zero-order chi connectivity index (χ0) is 11.7. The Morgan fingerprint density at radius 3 is 2.94 bits per heavy atom. The molecule has 0 aliphatic carbocycles. The Bertz CT molecular complexity index is 576. The van der Waals surface area contributed by atoms with E-state index in [4.69, 9.17) is 23.8 Å². The van der Waals surface area contributed by atoms with Crippen LogP contribution in [0.2, 0.25) is 5.02 Å². The van der Waals surface area contributed by atoms with Gasteiger partial charge in [0.2, 0.25) is 0 Å².